The van der Waals surface area contributed by atoms with Gasteiger partial charge in [-0.2, -0.15) is 0 Å². The van der Waals surface area contributed by atoms with Gasteiger partial charge in [0.2, 0.25) is 11.8 Å². The second kappa shape index (κ2) is 8.45. The number of carbonyl (C=O) groups is 2. The number of aliphatic hydroxyl groups is 1. The zero-order chi connectivity index (χ0) is 17.6. The van der Waals surface area contributed by atoms with Gasteiger partial charge in [0.1, 0.15) is 6.04 Å². The van der Waals surface area contributed by atoms with Crippen molar-refractivity contribution in [2.75, 3.05) is 32.7 Å². The maximum absolute atomic E-state index is 12.5. The van der Waals surface area contributed by atoms with Crippen molar-refractivity contribution in [3.05, 3.63) is 12.7 Å². The fourth-order valence-electron chi connectivity index (χ4n) is 2.52. The molecule has 1 saturated heterocycles. The van der Waals surface area contributed by atoms with Crippen LogP contribution in [0.2, 0.25) is 0 Å². The Morgan fingerprint density at radius 1 is 1.26 bits per heavy atom. The van der Waals surface area contributed by atoms with E-state index in [1.165, 1.54) is 6.92 Å². The summed E-state index contributed by atoms with van der Waals surface area (Å²) in [6.45, 7) is 14.4. The van der Waals surface area contributed by atoms with Crippen molar-refractivity contribution < 1.29 is 14.7 Å². The summed E-state index contributed by atoms with van der Waals surface area (Å²) in [5, 5.41) is 12.9. The highest BCUT2D eigenvalue weighted by atomic mass is 16.3. The Morgan fingerprint density at radius 3 is 2.26 bits per heavy atom. The third-order valence-electron chi connectivity index (χ3n) is 4.19. The molecule has 1 fully saturated rings. The van der Waals surface area contributed by atoms with E-state index in [0.29, 0.717) is 26.1 Å². The van der Waals surface area contributed by atoms with Gasteiger partial charge >= 0.3 is 0 Å². The molecule has 23 heavy (non-hydrogen) atoms. The number of carbonyl (C=O) groups excluding carboxylic acids is 2. The molecular formula is C17H31N3O3. The standard InChI is InChI=1S/C17H31N3O3/c1-6-7-14(18-13(2)21)16(23)20-10-8-19(9-11-20)12-15(22)17(3,4)5/h6,14-15,22H,1,7-12H2,2-5H3,(H,18,21)/t14-,15+/m1/s1. The maximum atomic E-state index is 12.5. The molecule has 1 rings (SSSR count). The van der Waals surface area contributed by atoms with Crippen LogP contribution in [-0.2, 0) is 9.59 Å². The summed E-state index contributed by atoms with van der Waals surface area (Å²) in [6.07, 6.45) is 1.69. The molecule has 0 unspecified atom stereocenters. The first-order valence-electron chi connectivity index (χ1n) is 8.22. The average molecular weight is 325 g/mol. The highest BCUT2D eigenvalue weighted by Crippen LogP contribution is 2.20. The monoisotopic (exact) mass is 325 g/mol. The summed E-state index contributed by atoms with van der Waals surface area (Å²) >= 11 is 0. The number of rotatable bonds is 6. The van der Waals surface area contributed by atoms with Crippen LogP contribution in [0.4, 0.5) is 0 Å². The quantitative estimate of drug-likeness (QED) is 0.702. The summed E-state index contributed by atoms with van der Waals surface area (Å²) < 4.78 is 0. The molecule has 0 aromatic carbocycles. The van der Waals surface area contributed by atoms with E-state index in [1.807, 2.05) is 20.8 Å². The molecular weight excluding hydrogens is 294 g/mol. The number of β-amino-alcohol motifs (C(OH)–C–C–N with tert-alkyl or cyclic N) is 1. The van der Waals surface area contributed by atoms with Crippen LogP contribution in [-0.4, -0.2) is 71.6 Å². The second-order valence-electron chi connectivity index (χ2n) is 7.29. The van der Waals surface area contributed by atoms with Crippen molar-refractivity contribution in [3.8, 4) is 0 Å². The highest BCUT2D eigenvalue weighted by Gasteiger charge is 2.30. The second-order valence-corrected chi connectivity index (χ2v) is 7.29. The number of hydrogen-bond donors (Lipinski definition) is 2. The van der Waals surface area contributed by atoms with Crippen molar-refractivity contribution in [2.45, 2.75) is 46.3 Å². The minimum atomic E-state index is -0.531. The van der Waals surface area contributed by atoms with E-state index in [2.05, 4.69) is 16.8 Å². The molecule has 6 nitrogen and oxygen atoms in total. The Balaban J connectivity index is 2.52. The normalized spacial score (nSPS) is 19.1. The number of piperazine rings is 1. The predicted molar refractivity (Wildman–Crippen MR) is 90.9 cm³/mol. The molecule has 0 bridgehead atoms. The number of nitrogens with zero attached hydrogens (tertiary/aromatic N) is 2. The minimum Gasteiger partial charge on any atom is -0.391 e. The first kappa shape index (κ1) is 19.6. The van der Waals surface area contributed by atoms with Crippen LogP contribution in [0, 0.1) is 5.41 Å². The van der Waals surface area contributed by atoms with Crippen LogP contribution in [0.25, 0.3) is 0 Å². The Bertz CT molecular complexity index is 423. The minimum absolute atomic E-state index is 0.0591. The van der Waals surface area contributed by atoms with Gasteiger partial charge in [-0.3, -0.25) is 14.5 Å². The highest BCUT2D eigenvalue weighted by molar-refractivity contribution is 5.87. The smallest absolute Gasteiger partial charge is 0.245 e. The molecule has 1 aliphatic rings. The van der Waals surface area contributed by atoms with Crippen molar-refractivity contribution in [2.24, 2.45) is 5.41 Å². The van der Waals surface area contributed by atoms with Gasteiger partial charge in [-0.25, -0.2) is 0 Å². The molecule has 1 aliphatic heterocycles. The van der Waals surface area contributed by atoms with Gasteiger partial charge in [0.05, 0.1) is 6.10 Å². The van der Waals surface area contributed by atoms with Crippen molar-refractivity contribution in [1.29, 1.82) is 0 Å². The zero-order valence-electron chi connectivity index (χ0n) is 14.8. The lowest BCUT2D eigenvalue weighted by Gasteiger charge is -2.39. The summed E-state index contributed by atoms with van der Waals surface area (Å²) in [7, 11) is 0. The van der Waals surface area contributed by atoms with Crippen LogP contribution in [0.15, 0.2) is 12.7 Å². The van der Waals surface area contributed by atoms with Gasteiger partial charge in [-0.15, -0.1) is 6.58 Å². The predicted octanol–water partition coefficient (Wildman–Crippen LogP) is 0.618. The molecule has 6 heteroatoms. The Kier molecular flexibility index (Phi) is 7.22. The van der Waals surface area contributed by atoms with E-state index in [-0.39, 0.29) is 17.2 Å². The lowest BCUT2D eigenvalue weighted by Crippen LogP contribution is -2.56. The van der Waals surface area contributed by atoms with E-state index in [1.54, 1.807) is 11.0 Å². The van der Waals surface area contributed by atoms with E-state index in [0.717, 1.165) is 13.1 Å². The fourth-order valence-corrected chi connectivity index (χ4v) is 2.52. The molecule has 2 atom stereocenters. The average Bonchev–Trinajstić information content (AvgIpc) is 2.45. The van der Waals surface area contributed by atoms with Crippen molar-refractivity contribution in [1.82, 2.24) is 15.1 Å². The Labute approximate surface area is 139 Å². The fraction of sp³-hybridized carbons (Fsp3) is 0.765. The van der Waals surface area contributed by atoms with Crippen LogP contribution in [0.3, 0.4) is 0 Å². The molecule has 1 heterocycles. The first-order valence-corrected chi connectivity index (χ1v) is 8.22. The maximum Gasteiger partial charge on any atom is 0.245 e. The van der Waals surface area contributed by atoms with Gasteiger partial charge in [0, 0.05) is 39.6 Å². The van der Waals surface area contributed by atoms with E-state index in [4.69, 9.17) is 0 Å². The number of amides is 2. The van der Waals surface area contributed by atoms with Gasteiger partial charge in [-0.05, 0) is 11.8 Å². The molecule has 0 aromatic heterocycles. The molecule has 132 valence electrons. The van der Waals surface area contributed by atoms with Gasteiger partial charge in [0.15, 0.2) is 0 Å². The molecule has 0 aliphatic carbocycles. The molecule has 0 radical (unpaired) electrons. The number of hydrogen-bond acceptors (Lipinski definition) is 4. The van der Waals surface area contributed by atoms with Crippen LogP contribution in [0.1, 0.15) is 34.1 Å². The summed E-state index contributed by atoms with van der Waals surface area (Å²) in [5.74, 6) is -0.270. The van der Waals surface area contributed by atoms with Gasteiger partial charge in [0.25, 0.3) is 0 Å². The van der Waals surface area contributed by atoms with E-state index in [9.17, 15) is 14.7 Å². The van der Waals surface area contributed by atoms with Crippen LogP contribution < -0.4 is 5.32 Å². The van der Waals surface area contributed by atoms with Gasteiger partial charge in [-0.1, -0.05) is 26.8 Å². The van der Waals surface area contributed by atoms with Crippen LogP contribution in [0.5, 0.6) is 0 Å². The summed E-state index contributed by atoms with van der Waals surface area (Å²) in [5.41, 5.74) is -0.145. The number of nitrogens with one attached hydrogen (secondary N) is 1. The SMILES string of the molecule is C=CC[C@@H](NC(C)=O)C(=O)N1CCN(C[C@H](O)C(C)(C)C)CC1. The Morgan fingerprint density at radius 2 is 1.83 bits per heavy atom. The van der Waals surface area contributed by atoms with Crippen LogP contribution >= 0.6 is 0 Å². The Hall–Kier alpha value is -1.40. The van der Waals surface area contributed by atoms with Gasteiger partial charge < -0.3 is 15.3 Å². The summed E-state index contributed by atoms with van der Waals surface area (Å²) in [6, 6.07) is -0.531. The first-order chi connectivity index (χ1) is 10.6. The van der Waals surface area contributed by atoms with Crippen molar-refractivity contribution in [3.63, 3.8) is 0 Å². The topological polar surface area (TPSA) is 72.9 Å². The molecule has 0 saturated carbocycles. The van der Waals surface area contributed by atoms with E-state index >= 15 is 0 Å². The summed E-state index contributed by atoms with van der Waals surface area (Å²) in [4.78, 5) is 27.7. The molecule has 0 spiro atoms. The third-order valence-corrected chi connectivity index (χ3v) is 4.19. The zero-order valence-corrected chi connectivity index (χ0v) is 14.8. The van der Waals surface area contributed by atoms with E-state index < -0.39 is 12.1 Å². The number of aliphatic hydroxyl groups excluding tert-OH is 1. The lowest BCUT2D eigenvalue weighted by atomic mass is 9.89. The molecule has 2 amide bonds. The molecule has 0 aromatic rings. The third kappa shape index (κ3) is 6.31. The largest absolute Gasteiger partial charge is 0.391 e. The van der Waals surface area contributed by atoms with Crippen molar-refractivity contribution >= 4 is 11.8 Å². The lowest BCUT2D eigenvalue weighted by molar-refractivity contribution is -0.137. The molecule has 2 N–H and O–H groups in total.